The topological polar surface area (TPSA) is 65.2 Å². The monoisotopic (exact) mass is 234 g/mol. The first kappa shape index (κ1) is 12.0. The summed E-state index contributed by atoms with van der Waals surface area (Å²) in [5.41, 5.74) is 6.62. The first-order chi connectivity index (χ1) is 8.22. The van der Waals surface area contributed by atoms with E-state index in [9.17, 15) is 4.79 Å². The number of hydrogen-bond acceptors (Lipinski definition) is 4. The summed E-state index contributed by atoms with van der Waals surface area (Å²) in [6.45, 7) is 0. The molecule has 1 aliphatic carbocycles. The van der Waals surface area contributed by atoms with Crippen LogP contribution in [0.3, 0.4) is 0 Å². The second kappa shape index (κ2) is 5.27. The van der Waals surface area contributed by atoms with E-state index in [1.807, 2.05) is 0 Å². The van der Waals surface area contributed by atoms with E-state index in [0.29, 0.717) is 11.3 Å². The zero-order valence-corrected chi connectivity index (χ0v) is 10.1. The van der Waals surface area contributed by atoms with E-state index >= 15 is 0 Å². The van der Waals surface area contributed by atoms with Crippen LogP contribution in [-0.4, -0.2) is 23.9 Å². The number of carbonyl (C=O) groups excluding carboxylic acids is 1. The number of pyridine rings is 1. The number of nitrogens with zero attached hydrogens (tertiary/aromatic N) is 1. The van der Waals surface area contributed by atoms with Gasteiger partial charge in [-0.2, -0.15) is 0 Å². The van der Waals surface area contributed by atoms with Crippen LogP contribution >= 0.6 is 0 Å². The number of methoxy groups -OCH3 is 1. The van der Waals surface area contributed by atoms with Gasteiger partial charge in [0.25, 0.3) is 0 Å². The maximum Gasteiger partial charge on any atom is 0.169 e. The van der Waals surface area contributed by atoms with Crippen molar-refractivity contribution in [2.75, 3.05) is 7.11 Å². The molecular formula is C13H18N2O2. The molecule has 2 unspecified atom stereocenters. The molecule has 0 bridgehead atoms. The highest BCUT2D eigenvalue weighted by molar-refractivity contribution is 5.98. The minimum absolute atomic E-state index is 0.0116. The molecule has 1 aromatic heterocycles. The lowest BCUT2D eigenvalue weighted by atomic mass is 9.80. The van der Waals surface area contributed by atoms with Gasteiger partial charge in [-0.1, -0.05) is 12.8 Å². The van der Waals surface area contributed by atoms with Crippen molar-refractivity contribution in [3.63, 3.8) is 0 Å². The zero-order valence-electron chi connectivity index (χ0n) is 10.1. The third-order valence-corrected chi connectivity index (χ3v) is 3.39. The molecule has 1 aromatic rings. The second-order valence-electron chi connectivity index (χ2n) is 4.53. The molecule has 0 aliphatic heterocycles. The van der Waals surface area contributed by atoms with Crippen LogP contribution in [0.5, 0.6) is 5.75 Å². The van der Waals surface area contributed by atoms with E-state index < -0.39 is 0 Å². The minimum Gasteiger partial charge on any atom is -0.495 e. The van der Waals surface area contributed by atoms with Gasteiger partial charge in [0, 0.05) is 23.7 Å². The van der Waals surface area contributed by atoms with Crippen molar-refractivity contribution < 1.29 is 9.53 Å². The molecular weight excluding hydrogens is 216 g/mol. The van der Waals surface area contributed by atoms with Crippen LogP contribution < -0.4 is 10.5 Å². The molecule has 0 spiro atoms. The summed E-state index contributed by atoms with van der Waals surface area (Å²) in [6.07, 6.45) is 7.22. The van der Waals surface area contributed by atoms with Gasteiger partial charge in [-0.15, -0.1) is 0 Å². The number of carbonyl (C=O) groups is 1. The molecule has 92 valence electrons. The molecule has 2 N–H and O–H groups in total. The Kier molecular flexibility index (Phi) is 3.74. The lowest BCUT2D eigenvalue weighted by molar-refractivity contribution is 0.0870. The van der Waals surface area contributed by atoms with Crippen LogP contribution in [0.1, 0.15) is 36.0 Å². The van der Waals surface area contributed by atoms with E-state index in [0.717, 1.165) is 25.7 Å². The van der Waals surface area contributed by atoms with Crippen molar-refractivity contribution in [3.8, 4) is 5.75 Å². The van der Waals surface area contributed by atoms with Gasteiger partial charge in [0.15, 0.2) is 5.78 Å². The van der Waals surface area contributed by atoms with Crippen LogP contribution in [0.2, 0.25) is 0 Å². The maximum atomic E-state index is 12.3. The maximum absolute atomic E-state index is 12.3. The van der Waals surface area contributed by atoms with Crippen LogP contribution in [0.15, 0.2) is 18.5 Å². The van der Waals surface area contributed by atoms with Crippen molar-refractivity contribution >= 4 is 5.78 Å². The quantitative estimate of drug-likeness (QED) is 0.810. The largest absolute Gasteiger partial charge is 0.495 e. The van der Waals surface area contributed by atoms with Gasteiger partial charge in [-0.05, 0) is 18.9 Å². The van der Waals surface area contributed by atoms with Gasteiger partial charge in [0.1, 0.15) is 5.75 Å². The van der Waals surface area contributed by atoms with Gasteiger partial charge in [0.2, 0.25) is 0 Å². The molecule has 0 amide bonds. The number of rotatable bonds is 3. The highest BCUT2D eigenvalue weighted by Crippen LogP contribution is 2.26. The number of aromatic nitrogens is 1. The molecule has 1 heterocycles. The van der Waals surface area contributed by atoms with Gasteiger partial charge in [-0.25, -0.2) is 0 Å². The summed E-state index contributed by atoms with van der Waals surface area (Å²) in [6, 6.07) is 1.72. The fourth-order valence-corrected chi connectivity index (χ4v) is 2.36. The molecule has 1 saturated carbocycles. The zero-order chi connectivity index (χ0) is 12.3. The number of ether oxygens (including phenoxy) is 1. The third kappa shape index (κ3) is 2.64. The van der Waals surface area contributed by atoms with Crippen LogP contribution in [-0.2, 0) is 0 Å². The van der Waals surface area contributed by atoms with Crippen molar-refractivity contribution in [2.45, 2.75) is 31.7 Å². The molecule has 1 aliphatic rings. The highest BCUT2D eigenvalue weighted by Gasteiger charge is 2.29. The first-order valence-electron chi connectivity index (χ1n) is 6.01. The normalized spacial score (nSPS) is 24.4. The summed E-state index contributed by atoms with van der Waals surface area (Å²) in [4.78, 5) is 16.3. The molecule has 2 rings (SSSR count). The van der Waals surface area contributed by atoms with E-state index in [2.05, 4.69) is 4.98 Å². The van der Waals surface area contributed by atoms with Crippen LogP contribution in [0, 0.1) is 5.92 Å². The molecule has 2 atom stereocenters. The summed E-state index contributed by atoms with van der Waals surface area (Å²) < 4.78 is 5.07. The van der Waals surface area contributed by atoms with Gasteiger partial charge in [0.05, 0.1) is 13.3 Å². The van der Waals surface area contributed by atoms with Crippen LogP contribution in [0.25, 0.3) is 0 Å². The molecule has 1 fully saturated rings. The summed E-state index contributed by atoms with van der Waals surface area (Å²) in [5, 5.41) is 0. The molecule has 4 nitrogen and oxygen atoms in total. The van der Waals surface area contributed by atoms with E-state index in [1.54, 1.807) is 25.6 Å². The fraction of sp³-hybridized carbons (Fsp3) is 0.538. The minimum atomic E-state index is -0.0577. The lowest BCUT2D eigenvalue weighted by Crippen LogP contribution is -2.38. The average molecular weight is 234 g/mol. The first-order valence-corrected chi connectivity index (χ1v) is 6.01. The van der Waals surface area contributed by atoms with Crippen LogP contribution in [0.4, 0.5) is 0 Å². The predicted octanol–water partition coefficient (Wildman–Crippen LogP) is 1.79. The summed E-state index contributed by atoms with van der Waals surface area (Å²) in [7, 11) is 1.57. The van der Waals surface area contributed by atoms with E-state index in [-0.39, 0.29) is 17.7 Å². The molecule has 0 aromatic carbocycles. The number of ketones is 1. The lowest BCUT2D eigenvalue weighted by Gasteiger charge is -2.27. The number of nitrogens with two attached hydrogens (primary N) is 1. The fourth-order valence-electron chi connectivity index (χ4n) is 2.36. The Labute approximate surface area is 101 Å². The van der Waals surface area contributed by atoms with Crippen molar-refractivity contribution in [3.05, 3.63) is 24.0 Å². The van der Waals surface area contributed by atoms with Gasteiger partial charge < -0.3 is 10.5 Å². The molecule has 4 heteroatoms. The summed E-state index contributed by atoms with van der Waals surface area (Å²) in [5.74, 6) is 0.654. The van der Waals surface area contributed by atoms with E-state index in [1.165, 1.54) is 0 Å². The number of Topliss-reactive ketones (excluding diaryl/α,β-unsaturated/α-hetero) is 1. The molecule has 17 heavy (non-hydrogen) atoms. The second-order valence-corrected chi connectivity index (χ2v) is 4.53. The molecule has 0 saturated heterocycles. The highest BCUT2D eigenvalue weighted by atomic mass is 16.5. The Bertz CT molecular complexity index is 406. The Balaban J connectivity index is 2.17. The van der Waals surface area contributed by atoms with E-state index in [4.69, 9.17) is 10.5 Å². The Morgan fingerprint density at radius 2 is 2.18 bits per heavy atom. The van der Waals surface area contributed by atoms with Gasteiger partial charge in [-0.3, -0.25) is 9.78 Å². The Hall–Kier alpha value is -1.42. The van der Waals surface area contributed by atoms with Gasteiger partial charge >= 0.3 is 0 Å². The van der Waals surface area contributed by atoms with Crippen molar-refractivity contribution in [2.24, 2.45) is 11.7 Å². The van der Waals surface area contributed by atoms with Crippen molar-refractivity contribution in [1.29, 1.82) is 0 Å². The smallest absolute Gasteiger partial charge is 0.169 e. The predicted molar refractivity (Wildman–Crippen MR) is 65.1 cm³/mol. The average Bonchev–Trinajstić information content (AvgIpc) is 2.38. The molecule has 0 radical (unpaired) electrons. The SMILES string of the molecule is COc1cncc(C(=O)C2CCCCC2N)c1. The Morgan fingerprint density at radius 3 is 2.88 bits per heavy atom. The summed E-state index contributed by atoms with van der Waals surface area (Å²) >= 11 is 0. The standard InChI is InChI=1S/C13H18N2O2/c1-17-10-6-9(7-15-8-10)13(16)11-4-2-3-5-12(11)14/h6-8,11-12H,2-5,14H2,1H3. The third-order valence-electron chi connectivity index (χ3n) is 3.39. The Morgan fingerprint density at radius 1 is 1.41 bits per heavy atom. The number of hydrogen-bond donors (Lipinski definition) is 1. The van der Waals surface area contributed by atoms with Crippen molar-refractivity contribution in [1.82, 2.24) is 4.98 Å².